The zero-order valence-electron chi connectivity index (χ0n) is 16.9. The van der Waals surface area contributed by atoms with Gasteiger partial charge in [0.2, 0.25) is 17.6 Å². The van der Waals surface area contributed by atoms with E-state index < -0.39 is 102 Å². The Morgan fingerprint density at radius 2 is 0.944 bits per heavy atom. The summed E-state index contributed by atoms with van der Waals surface area (Å²) >= 11 is 0. The molecular formula is C22H2F6N6O2. The summed E-state index contributed by atoms with van der Waals surface area (Å²) in [6.45, 7) is 0. The Bertz CT molecular complexity index is 1820. The maximum absolute atomic E-state index is 15.4. The predicted molar refractivity (Wildman–Crippen MR) is 106 cm³/mol. The van der Waals surface area contributed by atoms with E-state index in [0.29, 0.717) is 0 Å². The number of hydrogen-bond donors (Lipinski definition) is 2. The number of nitrogens with one attached hydrogen (secondary N) is 2. The highest BCUT2D eigenvalue weighted by molar-refractivity contribution is 6.19. The zero-order valence-corrected chi connectivity index (χ0v) is 16.9. The molecule has 0 atom stereocenters. The molecule has 2 N–H and O–H groups in total. The second-order valence-corrected chi connectivity index (χ2v) is 7.10. The predicted octanol–water partition coefficient (Wildman–Crippen LogP) is 4.95. The molecule has 0 aliphatic carbocycles. The molecule has 2 aliphatic rings. The van der Waals surface area contributed by atoms with Crippen LogP contribution in [0.15, 0.2) is 22.9 Å². The molecule has 0 saturated carbocycles. The maximum atomic E-state index is 15.4. The fourth-order valence-corrected chi connectivity index (χ4v) is 3.85. The fraction of sp³-hybridized carbons (Fsp3) is 0. The van der Waals surface area contributed by atoms with Crippen molar-refractivity contribution in [3.63, 3.8) is 0 Å². The van der Waals surface area contributed by atoms with E-state index in [-0.39, 0.29) is 0 Å². The molecule has 14 heteroatoms. The number of anilines is 2. The zero-order chi connectivity index (χ0) is 26.0. The van der Waals surface area contributed by atoms with Crippen LogP contribution >= 0.6 is 0 Å². The minimum absolute atomic E-state index is 0.712. The summed E-state index contributed by atoms with van der Waals surface area (Å²) in [4.78, 5) is 0. The third-order valence-corrected chi connectivity index (χ3v) is 5.34. The van der Waals surface area contributed by atoms with Crippen molar-refractivity contribution in [1.29, 1.82) is 21.0 Å². The summed E-state index contributed by atoms with van der Waals surface area (Å²) in [5.74, 6) is -14.9. The van der Waals surface area contributed by atoms with Crippen LogP contribution in [0.4, 0.5) is 37.7 Å². The number of fused-ring (bicyclic) bond motifs is 7. The van der Waals surface area contributed by atoms with Crippen molar-refractivity contribution < 1.29 is 35.8 Å². The Balaban J connectivity index is 2.00. The summed E-state index contributed by atoms with van der Waals surface area (Å²) in [5, 5.41) is 35.8. The van der Waals surface area contributed by atoms with Gasteiger partial charge in [-0.3, -0.25) is 0 Å². The van der Waals surface area contributed by atoms with E-state index in [1.807, 2.05) is 0 Å². The van der Waals surface area contributed by atoms with E-state index in [2.05, 4.69) is 10.6 Å². The fourth-order valence-electron chi connectivity index (χ4n) is 3.85. The van der Waals surface area contributed by atoms with Gasteiger partial charge in [0.15, 0.2) is 51.7 Å². The molecule has 36 heavy (non-hydrogen) atoms. The highest BCUT2D eigenvalue weighted by Crippen LogP contribution is 2.53. The molecule has 3 aromatic rings. The van der Waals surface area contributed by atoms with Crippen molar-refractivity contribution in [2.45, 2.75) is 0 Å². The van der Waals surface area contributed by atoms with Gasteiger partial charge >= 0.3 is 0 Å². The quantitative estimate of drug-likeness (QED) is 0.253. The number of benzene rings is 3. The Hall–Kier alpha value is -5.60. The lowest BCUT2D eigenvalue weighted by Gasteiger charge is -2.15. The van der Waals surface area contributed by atoms with Gasteiger partial charge in [-0.2, -0.15) is 25.4 Å². The smallest absolute Gasteiger partial charge is 0.227 e. The summed E-state index contributed by atoms with van der Waals surface area (Å²) in [6, 6.07) is 5.64. The lowest BCUT2D eigenvalue weighted by molar-refractivity contribution is 0.405. The van der Waals surface area contributed by atoms with Crippen LogP contribution in [0.25, 0.3) is 21.5 Å². The molecular weight excluding hydrogens is 494 g/mol. The first-order valence-electron chi connectivity index (χ1n) is 9.34. The summed E-state index contributed by atoms with van der Waals surface area (Å²) in [7, 11) is 0. The van der Waals surface area contributed by atoms with Crippen LogP contribution in [0, 0.1) is 80.2 Å². The van der Waals surface area contributed by atoms with Crippen LogP contribution in [0.5, 0.6) is 11.5 Å². The summed E-state index contributed by atoms with van der Waals surface area (Å²) in [6.07, 6.45) is 0. The van der Waals surface area contributed by atoms with Crippen molar-refractivity contribution in [2.75, 3.05) is 10.6 Å². The molecule has 174 valence electrons. The molecule has 0 aromatic heterocycles. The second kappa shape index (κ2) is 7.45. The van der Waals surface area contributed by atoms with Gasteiger partial charge in [0.1, 0.15) is 30.0 Å². The summed E-state index contributed by atoms with van der Waals surface area (Å²) in [5.41, 5.74) is -3.14. The van der Waals surface area contributed by atoms with Crippen LogP contribution in [0.3, 0.4) is 0 Å². The maximum Gasteiger partial charge on any atom is 0.227 e. The molecule has 0 radical (unpaired) electrons. The molecule has 3 aromatic carbocycles. The SMILES string of the molecule is N#CC(C#N)=C1Nc2c(c(F)c(F)c3c(F)c(F)c4c5c(c(F)c(F)c4c23)NC(=C(C#N)C#N)O5)O1. The molecule has 2 heterocycles. The number of nitriles is 4. The van der Waals surface area contributed by atoms with E-state index in [0.717, 1.165) is 0 Å². The van der Waals surface area contributed by atoms with Gasteiger partial charge in [-0.05, 0) is 0 Å². The molecule has 0 bridgehead atoms. The number of ether oxygens (including phenoxy) is 2. The lowest BCUT2D eigenvalue weighted by Crippen LogP contribution is -2.03. The van der Waals surface area contributed by atoms with E-state index in [1.165, 1.54) is 24.3 Å². The molecule has 2 aliphatic heterocycles. The van der Waals surface area contributed by atoms with E-state index in [1.54, 1.807) is 0 Å². The average Bonchev–Trinajstić information content (AvgIpc) is 3.50. The number of rotatable bonds is 0. The third-order valence-electron chi connectivity index (χ3n) is 5.34. The van der Waals surface area contributed by atoms with Gasteiger partial charge in [0, 0.05) is 10.8 Å². The van der Waals surface area contributed by atoms with Crippen molar-refractivity contribution in [1.82, 2.24) is 0 Å². The Kier molecular flexibility index (Phi) is 4.60. The topological polar surface area (TPSA) is 138 Å². The van der Waals surface area contributed by atoms with Crippen molar-refractivity contribution >= 4 is 32.9 Å². The first-order valence-corrected chi connectivity index (χ1v) is 9.34. The van der Waals surface area contributed by atoms with Crippen LogP contribution in [-0.2, 0) is 0 Å². The molecule has 8 nitrogen and oxygen atoms in total. The Labute approximate surface area is 194 Å². The van der Waals surface area contributed by atoms with Gasteiger partial charge in [0.05, 0.1) is 16.5 Å². The van der Waals surface area contributed by atoms with Gasteiger partial charge in [0.25, 0.3) is 0 Å². The molecule has 0 amide bonds. The monoisotopic (exact) mass is 496 g/mol. The number of allylic oxidation sites excluding steroid dienone is 2. The molecule has 0 unspecified atom stereocenters. The van der Waals surface area contributed by atoms with E-state index in [4.69, 9.17) is 30.5 Å². The van der Waals surface area contributed by atoms with E-state index >= 15 is 17.6 Å². The van der Waals surface area contributed by atoms with Crippen LogP contribution in [0.2, 0.25) is 0 Å². The molecule has 5 rings (SSSR count). The van der Waals surface area contributed by atoms with Crippen LogP contribution in [-0.4, -0.2) is 0 Å². The van der Waals surface area contributed by atoms with Crippen molar-refractivity contribution in [3.8, 4) is 35.8 Å². The molecule has 0 spiro atoms. The minimum Gasteiger partial charge on any atom is -0.436 e. The summed E-state index contributed by atoms with van der Waals surface area (Å²) < 4.78 is 101. The number of nitrogens with zero attached hydrogens (tertiary/aromatic N) is 4. The van der Waals surface area contributed by atoms with Gasteiger partial charge in [-0.25, -0.2) is 22.0 Å². The standard InChI is InChI=1S/C22H2F6N6O2/c23-11-7-8-9(13(25)16(28)20-17(8)33-21(36-20)5(1-29)2-30)12(24)14(26)10(7)19-18(15(11)27)34-22(35-19)6(3-31)4-32/h33-34H. The largest absolute Gasteiger partial charge is 0.436 e. The minimum atomic E-state index is -2.03. The molecule has 0 fully saturated rings. The van der Waals surface area contributed by atoms with E-state index in [9.17, 15) is 8.78 Å². The number of halogens is 6. The van der Waals surface area contributed by atoms with Gasteiger partial charge in [-0.1, -0.05) is 0 Å². The highest BCUT2D eigenvalue weighted by Gasteiger charge is 2.38. The van der Waals surface area contributed by atoms with Crippen molar-refractivity contribution in [3.05, 3.63) is 57.8 Å². The normalized spacial score (nSPS) is 12.8. The van der Waals surface area contributed by atoms with Crippen LogP contribution < -0.4 is 20.1 Å². The van der Waals surface area contributed by atoms with Crippen LogP contribution in [0.1, 0.15) is 0 Å². The first kappa shape index (κ1) is 22.2. The highest BCUT2D eigenvalue weighted by atomic mass is 19.2. The third kappa shape index (κ3) is 2.61. The second-order valence-electron chi connectivity index (χ2n) is 7.10. The Morgan fingerprint density at radius 1 is 0.500 bits per heavy atom. The van der Waals surface area contributed by atoms with Gasteiger partial charge in [-0.15, -0.1) is 0 Å². The Morgan fingerprint density at radius 3 is 1.50 bits per heavy atom. The lowest BCUT2D eigenvalue weighted by atomic mass is 9.96. The number of hydrogen-bond acceptors (Lipinski definition) is 8. The average molecular weight is 496 g/mol. The van der Waals surface area contributed by atoms with Crippen molar-refractivity contribution in [2.24, 2.45) is 0 Å². The molecule has 0 saturated heterocycles. The first-order chi connectivity index (χ1) is 17.2. The van der Waals surface area contributed by atoms with Gasteiger partial charge < -0.3 is 20.1 Å².